The monoisotopic (exact) mass is 329 g/mol. The van der Waals surface area contributed by atoms with Crippen molar-refractivity contribution >= 4 is 11.7 Å². The van der Waals surface area contributed by atoms with Crippen molar-refractivity contribution in [3.8, 4) is 0 Å². The third kappa shape index (κ3) is 5.65. The molecule has 1 aromatic carbocycles. The van der Waals surface area contributed by atoms with Gasteiger partial charge in [0.05, 0.1) is 5.56 Å². The van der Waals surface area contributed by atoms with E-state index < -0.39 is 0 Å². The maximum absolute atomic E-state index is 13.5. The number of rotatable bonds is 9. The average molecular weight is 329 g/mol. The average Bonchev–Trinajstić information content (AvgIpc) is 2.61. The third-order valence-electron chi connectivity index (χ3n) is 3.75. The van der Waals surface area contributed by atoms with Gasteiger partial charge in [0.2, 0.25) is 0 Å². The number of pyridine rings is 1. The predicted molar refractivity (Wildman–Crippen MR) is 94.7 cm³/mol. The summed E-state index contributed by atoms with van der Waals surface area (Å²) in [5.74, 6) is 0.382. The molecule has 0 atom stereocenters. The molecule has 0 aliphatic rings. The maximum atomic E-state index is 13.5. The third-order valence-corrected chi connectivity index (χ3v) is 3.75. The first kappa shape index (κ1) is 17.9. The minimum Gasteiger partial charge on any atom is -0.370 e. The molecule has 2 aromatic rings. The Kier molecular flexibility index (Phi) is 7.21. The predicted octanol–water partition coefficient (Wildman–Crippen LogP) is 3.80. The van der Waals surface area contributed by atoms with Gasteiger partial charge in [0.25, 0.3) is 5.91 Å². The molecule has 128 valence electrons. The molecule has 2 rings (SSSR count). The van der Waals surface area contributed by atoms with Crippen molar-refractivity contribution in [3.05, 3.63) is 59.5 Å². The maximum Gasteiger partial charge on any atom is 0.252 e. The summed E-state index contributed by atoms with van der Waals surface area (Å²) in [6.45, 7) is 3.40. The first-order chi connectivity index (χ1) is 11.7. The first-order valence-electron chi connectivity index (χ1n) is 8.42. The lowest BCUT2D eigenvalue weighted by Gasteiger charge is -2.08. The fourth-order valence-corrected chi connectivity index (χ4v) is 2.34. The van der Waals surface area contributed by atoms with Crippen molar-refractivity contribution in [2.24, 2.45) is 0 Å². The summed E-state index contributed by atoms with van der Waals surface area (Å²) in [6.07, 6.45) is 5.37. The second-order valence-electron chi connectivity index (χ2n) is 5.66. The standard InChI is InChI=1S/C19H24FN3O/c1-2-3-6-12-22-19(24)16-9-10-18(23-14-16)21-13-11-15-7-4-5-8-17(15)20/h4-5,7-10,14H,2-3,6,11-13H2,1H3,(H,21,23)(H,22,24). The zero-order chi connectivity index (χ0) is 17.2. The number of halogens is 1. The van der Waals surface area contributed by atoms with E-state index in [1.807, 2.05) is 6.07 Å². The lowest BCUT2D eigenvalue weighted by Crippen LogP contribution is -2.24. The van der Waals surface area contributed by atoms with Crippen LogP contribution in [0.5, 0.6) is 0 Å². The summed E-state index contributed by atoms with van der Waals surface area (Å²) < 4.78 is 13.5. The number of anilines is 1. The van der Waals surface area contributed by atoms with Gasteiger partial charge in [-0.1, -0.05) is 38.0 Å². The zero-order valence-electron chi connectivity index (χ0n) is 14.0. The number of hydrogen-bond donors (Lipinski definition) is 2. The van der Waals surface area contributed by atoms with Crippen molar-refractivity contribution in [1.29, 1.82) is 0 Å². The molecule has 5 heteroatoms. The number of hydrogen-bond acceptors (Lipinski definition) is 3. The largest absolute Gasteiger partial charge is 0.370 e. The van der Waals surface area contributed by atoms with E-state index in [0.717, 1.165) is 19.3 Å². The smallest absolute Gasteiger partial charge is 0.252 e. The van der Waals surface area contributed by atoms with Crippen LogP contribution in [0.1, 0.15) is 42.1 Å². The summed E-state index contributed by atoms with van der Waals surface area (Å²) in [6, 6.07) is 10.2. The number of nitrogens with one attached hydrogen (secondary N) is 2. The Bertz CT molecular complexity index is 643. The molecule has 2 N–H and O–H groups in total. The van der Waals surface area contributed by atoms with Gasteiger partial charge in [-0.15, -0.1) is 0 Å². The number of benzene rings is 1. The Hall–Kier alpha value is -2.43. The Morgan fingerprint density at radius 2 is 1.96 bits per heavy atom. The fraction of sp³-hybridized carbons (Fsp3) is 0.368. The van der Waals surface area contributed by atoms with E-state index in [-0.39, 0.29) is 11.7 Å². The van der Waals surface area contributed by atoms with E-state index in [1.165, 1.54) is 6.07 Å². The molecule has 0 aliphatic carbocycles. The highest BCUT2D eigenvalue weighted by Crippen LogP contribution is 2.09. The van der Waals surface area contributed by atoms with Gasteiger partial charge in [-0.05, 0) is 36.6 Å². The number of amides is 1. The van der Waals surface area contributed by atoms with Crippen LogP contribution in [0.15, 0.2) is 42.6 Å². The minimum atomic E-state index is -0.192. The Morgan fingerprint density at radius 1 is 1.12 bits per heavy atom. The van der Waals surface area contributed by atoms with E-state index >= 15 is 0 Å². The highest BCUT2D eigenvalue weighted by Gasteiger charge is 2.05. The SMILES string of the molecule is CCCCCNC(=O)c1ccc(NCCc2ccccc2F)nc1. The van der Waals surface area contributed by atoms with Crippen LogP contribution in [0.4, 0.5) is 10.2 Å². The second kappa shape index (κ2) is 9.65. The van der Waals surface area contributed by atoms with Crippen LogP contribution in [0, 0.1) is 5.82 Å². The van der Waals surface area contributed by atoms with Gasteiger partial charge in [-0.25, -0.2) is 9.37 Å². The second-order valence-corrected chi connectivity index (χ2v) is 5.66. The van der Waals surface area contributed by atoms with Crippen LogP contribution in [0.25, 0.3) is 0 Å². The molecule has 1 heterocycles. The first-order valence-corrected chi connectivity index (χ1v) is 8.42. The highest BCUT2D eigenvalue weighted by atomic mass is 19.1. The molecule has 0 fully saturated rings. The van der Waals surface area contributed by atoms with Crippen molar-refractivity contribution in [1.82, 2.24) is 10.3 Å². The van der Waals surface area contributed by atoms with E-state index in [1.54, 1.807) is 30.5 Å². The fourth-order valence-electron chi connectivity index (χ4n) is 2.34. The molecule has 0 saturated carbocycles. The summed E-state index contributed by atoms with van der Waals surface area (Å²) >= 11 is 0. The van der Waals surface area contributed by atoms with Crippen molar-refractivity contribution in [2.75, 3.05) is 18.4 Å². The molecule has 0 spiro atoms. The molecule has 0 radical (unpaired) electrons. The number of aromatic nitrogens is 1. The van der Waals surface area contributed by atoms with E-state index in [9.17, 15) is 9.18 Å². The molecular formula is C19H24FN3O. The number of carbonyl (C=O) groups excluding carboxylic acids is 1. The summed E-state index contributed by atoms with van der Waals surface area (Å²) in [5, 5.41) is 6.02. The molecule has 0 unspecified atom stereocenters. The van der Waals surface area contributed by atoms with Crippen LogP contribution in [0.2, 0.25) is 0 Å². The quantitative estimate of drug-likeness (QED) is 0.688. The van der Waals surface area contributed by atoms with E-state index in [2.05, 4.69) is 22.5 Å². The molecule has 0 aliphatic heterocycles. The Balaban J connectivity index is 1.77. The van der Waals surface area contributed by atoms with Gasteiger partial charge in [-0.3, -0.25) is 4.79 Å². The molecule has 0 saturated heterocycles. The van der Waals surface area contributed by atoms with Crippen molar-refractivity contribution in [2.45, 2.75) is 32.6 Å². The van der Waals surface area contributed by atoms with Crippen molar-refractivity contribution < 1.29 is 9.18 Å². The number of unbranched alkanes of at least 4 members (excludes halogenated alkanes) is 2. The van der Waals surface area contributed by atoms with Gasteiger partial charge in [-0.2, -0.15) is 0 Å². The van der Waals surface area contributed by atoms with E-state index in [4.69, 9.17) is 0 Å². The van der Waals surface area contributed by atoms with E-state index in [0.29, 0.717) is 36.5 Å². The number of carbonyl (C=O) groups is 1. The number of nitrogens with zero attached hydrogens (tertiary/aromatic N) is 1. The molecule has 0 bridgehead atoms. The van der Waals surface area contributed by atoms with Gasteiger partial charge >= 0.3 is 0 Å². The van der Waals surface area contributed by atoms with Crippen molar-refractivity contribution in [3.63, 3.8) is 0 Å². The Morgan fingerprint density at radius 3 is 2.67 bits per heavy atom. The van der Waals surface area contributed by atoms with Gasteiger partial charge in [0.15, 0.2) is 0 Å². The van der Waals surface area contributed by atoms with Crippen LogP contribution < -0.4 is 10.6 Å². The summed E-state index contributed by atoms with van der Waals surface area (Å²) in [4.78, 5) is 16.2. The lowest BCUT2D eigenvalue weighted by atomic mass is 10.1. The van der Waals surface area contributed by atoms with Crippen LogP contribution in [-0.2, 0) is 6.42 Å². The van der Waals surface area contributed by atoms with Crippen LogP contribution in [-0.4, -0.2) is 24.0 Å². The minimum absolute atomic E-state index is 0.100. The summed E-state index contributed by atoms with van der Waals surface area (Å²) in [5.41, 5.74) is 1.22. The van der Waals surface area contributed by atoms with Crippen LogP contribution in [0.3, 0.4) is 0 Å². The molecule has 1 aromatic heterocycles. The normalized spacial score (nSPS) is 10.4. The van der Waals surface area contributed by atoms with Gasteiger partial charge in [0.1, 0.15) is 11.6 Å². The zero-order valence-corrected chi connectivity index (χ0v) is 14.0. The summed E-state index contributed by atoms with van der Waals surface area (Å²) in [7, 11) is 0. The molecule has 4 nitrogen and oxygen atoms in total. The van der Waals surface area contributed by atoms with Gasteiger partial charge < -0.3 is 10.6 Å². The van der Waals surface area contributed by atoms with Gasteiger partial charge in [0, 0.05) is 19.3 Å². The Labute approximate surface area is 142 Å². The lowest BCUT2D eigenvalue weighted by molar-refractivity contribution is 0.0952. The highest BCUT2D eigenvalue weighted by molar-refractivity contribution is 5.94. The molecule has 24 heavy (non-hydrogen) atoms. The van der Waals surface area contributed by atoms with Crippen LogP contribution >= 0.6 is 0 Å². The molecule has 1 amide bonds. The molecular weight excluding hydrogens is 305 g/mol. The topological polar surface area (TPSA) is 54.0 Å².